The zero-order valence-electron chi connectivity index (χ0n) is 12.7. The fourth-order valence-electron chi connectivity index (χ4n) is 2.63. The molecule has 0 aliphatic carbocycles. The first-order chi connectivity index (χ1) is 11.5. The summed E-state index contributed by atoms with van der Waals surface area (Å²) in [7, 11) is 0. The molecule has 0 N–H and O–H groups in total. The van der Waals surface area contributed by atoms with E-state index >= 15 is 0 Å². The first-order valence-corrected chi connectivity index (χ1v) is 8.03. The van der Waals surface area contributed by atoms with Gasteiger partial charge >= 0.3 is 0 Å². The lowest BCUT2D eigenvalue weighted by Gasteiger charge is -2.21. The monoisotopic (exact) mass is 362 g/mol. The number of hydrogen-bond donors (Lipinski definition) is 0. The van der Waals surface area contributed by atoms with Gasteiger partial charge in [-0.2, -0.15) is 0 Å². The first-order valence-electron chi connectivity index (χ1n) is 7.28. The molecule has 1 atom stereocenters. The van der Waals surface area contributed by atoms with E-state index in [9.17, 15) is 9.18 Å². The summed E-state index contributed by atoms with van der Waals surface area (Å²) in [4.78, 5) is 16.5. The van der Waals surface area contributed by atoms with Gasteiger partial charge in [-0.15, -0.1) is 0 Å². The van der Waals surface area contributed by atoms with Gasteiger partial charge in [0.15, 0.2) is 10.3 Å². The van der Waals surface area contributed by atoms with E-state index in [4.69, 9.17) is 23.2 Å². The molecule has 3 rings (SSSR count). The van der Waals surface area contributed by atoms with Crippen molar-refractivity contribution in [2.75, 3.05) is 0 Å². The van der Waals surface area contributed by atoms with Crippen molar-refractivity contribution in [3.8, 4) is 11.3 Å². The molecule has 0 radical (unpaired) electrons. The summed E-state index contributed by atoms with van der Waals surface area (Å²) in [6, 6.07) is 15.1. The van der Waals surface area contributed by atoms with Crippen molar-refractivity contribution < 1.29 is 4.39 Å². The molecule has 3 aromatic rings. The van der Waals surface area contributed by atoms with Crippen LogP contribution in [0, 0.1) is 5.82 Å². The molecule has 24 heavy (non-hydrogen) atoms. The van der Waals surface area contributed by atoms with Crippen LogP contribution in [0.1, 0.15) is 18.5 Å². The summed E-state index contributed by atoms with van der Waals surface area (Å²) in [5.74, 6) is -0.489. The Morgan fingerprint density at radius 2 is 1.62 bits per heavy atom. The van der Waals surface area contributed by atoms with Crippen molar-refractivity contribution in [1.82, 2.24) is 9.55 Å². The zero-order valence-corrected chi connectivity index (χ0v) is 14.2. The first kappa shape index (κ1) is 16.7. The molecule has 0 saturated carbocycles. The van der Waals surface area contributed by atoms with Crippen molar-refractivity contribution in [2.24, 2.45) is 0 Å². The molecule has 0 saturated heterocycles. The van der Waals surface area contributed by atoms with Crippen molar-refractivity contribution in [3.63, 3.8) is 0 Å². The Kier molecular flexibility index (Phi) is 4.69. The van der Waals surface area contributed by atoms with E-state index in [1.807, 2.05) is 37.3 Å². The summed E-state index contributed by atoms with van der Waals surface area (Å²) < 4.78 is 15.7. The van der Waals surface area contributed by atoms with E-state index in [1.165, 1.54) is 10.6 Å². The summed E-state index contributed by atoms with van der Waals surface area (Å²) in [6.45, 7) is 1.83. The molecule has 2 aromatic carbocycles. The van der Waals surface area contributed by atoms with Crippen LogP contribution in [-0.2, 0) is 0 Å². The van der Waals surface area contributed by atoms with E-state index in [0.29, 0.717) is 0 Å². The smallest absolute Gasteiger partial charge is 0.289 e. The minimum Gasteiger partial charge on any atom is -0.295 e. The number of rotatable bonds is 3. The van der Waals surface area contributed by atoms with Crippen LogP contribution in [0.3, 0.4) is 0 Å². The standard InChI is InChI=1S/C18H13Cl2FN2O/c1-11(12-7-3-2-4-8-12)23-15(13-9-5-6-10-14(13)21)16(19)22-17(20)18(23)24/h2-11H,1H3/t11-/m1/s1. The average Bonchev–Trinajstić information content (AvgIpc) is 2.59. The van der Waals surface area contributed by atoms with Gasteiger partial charge in [-0.05, 0) is 24.6 Å². The van der Waals surface area contributed by atoms with Crippen LogP contribution in [0.4, 0.5) is 4.39 Å². The second-order valence-electron chi connectivity index (χ2n) is 5.28. The minimum atomic E-state index is -0.518. The van der Waals surface area contributed by atoms with Gasteiger partial charge in [0.25, 0.3) is 5.56 Å². The number of nitrogens with zero attached hydrogens (tertiary/aromatic N) is 2. The molecule has 122 valence electrons. The van der Waals surface area contributed by atoms with Gasteiger partial charge in [0.05, 0.1) is 11.7 Å². The van der Waals surface area contributed by atoms with Crippen molar-refractivity contribution in [2.45, 2.75) is 13.0 Å². The van der Waals surface area contributed by atoms with E-state index in [1.54, 1.807) is 18.2 Å². The Hall–Kier alpha value is -2.17. The van der Waals surface area contributed by atoms with Crippen LogP contribution in [-0.4, -0.2) is 9.55 Å². The van der Waals surface area contributed by atoms with Crippen molar-refractivity contribution in [3.05, 3.63) is 86.6 Å². The molecule has 6 heteroatoms. The Labute approximate surface area is 148 Å². The van der Waals surface area contributed by atoms with Gasteiger partial charge < -0.3 is 0 Å². The fraction of sp³-hybridized carbons (Fsp3) is 0.111. The highest BCUT2D eigenvalue weighted by Gasteiger charge is 2.22. The van der Waals surface area contributed by atoms with Gasteiger partial charge in [-0.1, -0.05) is 65.7 Å². The fourth-order valence-corrected chi connectivity index (χ4v) is 3.13. The molecule has 0 bridgehead atoms. The zero-order chi connectivity index (χ0) is 17.3. The average molecular weight is 363 g/mol. The lowest BCUT2D eigenvalue weighted by molar-refractivity contribution is 0.602. The highest BCUT2D eigenvalue weighted by Crippen LogP contribution is 2.32. The van der Waals surface area contributed by atoms with Crippen molar-refractivity contribution >= 4 is 23.2 Å². The molecule has 0 unspecified atom stereocenters. The quantitative estimate of drug-likeness (QED) is 0.659. The van der Waals surface area contributed by atoms with Crippen LogP contribution in [0.2, 0.25) is 10.3 Å². The van der Waals surface area contributed by atoms with Crippen LogP contribution < -0.4 is 5.56 Å². The van der Waals surface area contributed by atoms with E-state index < -0.39 is 17.4 Å². The van der Waals surface area contributed by atoms with Crippen LogP contribution in [0.15, 0.2) is 59.4 Å². The Balaban J connectivity index is 2.33. The molecule has 0 aliphatic heterocycles. The lowest BCUT2D eigenvalue weighted by Crippen LogP contribution is -2.27. The number of aromatic nitrogens is 2. The Morgan fingerprint density at radius 1 is 1.00 bits per heavy atom. The maximum Gasteiger partial charge on any atom is 0.289 e. The third-order valence-corrected chi connectivity index (χ3v) is 4.34. The maximum atomic E-state index is 14.3. The molecule has 0 aliphatic rings. The topological polar surface area (TPSA) is 34.9 Å². The Morgan fingerprint density at radius 3 is 2.29 bits per heavy atom. The third-order valence-electron chi connectivity index (χ3n) is 3.83. The minimum absolute atomic E-state index is 0.0209. The Bertz CT molecular complexity index is 941. The number of benzene rings is 2. The second-order valence-corrected chi connectivity index (χ2v) is 6.00. The van der Waals surface area contributed by atoms with E-state index in [-0.39, 0.29) is 21.6 Å². The second kappa shape index (κ2) is 6.75. The van der Waals surface area contributed by atoms with Crippen LogP contribution in [0.25, 0.3) is 11.3 Å². The summed E-state index contributed by atoms with van der Waals surface area (Å²) in [5, 5.41) is -0.268. The lowest BCUT2D eigenvalue weighted by atomic mass is 10.1. The molecule has 1 heterocycles. The van der Waals surface area contributed by atoms with Gasteiger partial charge in [0.2, 0.25) is 0 Å². The highest BCUT2D eigenvalue weighted by atomic mass is 35.5. The van der Waals surface area contributed by atoms with Gasteiger partial charge in [-0.25, -0.2) is 9.37 Å². The largest absolute Gasteiger partial charge is 0.295 e. The molecule has 1 aromatic heterocycles. The summed E-state index contributed by atoms with van der Waals surface area (Å²) >= 11 is 12.1. The predicted molar refractivity (Wildman–Crippen MR) is 94.2 cm³/mol. The van der Waals surface area contributed by atoms with Crippen LogP contribution >= 0.6 is 23.2 Å². The summed E-state index contributed by atoms with van der Waals surface area (Å²) in [6.07, 6.45) is 0. The van der Waals surface area contributed by atoms with Crippen LogP contribution in [0.5, 0.6) is 0 Å². The molecular weight excluding hydrogens is 350 g/mol. The molecule has 3 nitrogen and oxygen atoms in total. The van der Waals surface area contributed by atoms with Gasteiger partial charge in [0, 0.05) is 5.56 Å². The van der Waals surface area contributed by atoms with E-state index in [2.05, 4.69) is 4.98 Å². The van der Waals surface area contributed by atoms with Gasteiger partial charge in [0.1, 0.15) is 5.82 Å². The predicted octanol–water partition coefficient (Wildman–Crippen LogP) is 4.97. The third kappa shape index (κ3) is 2.95. The van der Waals surface area contributed by atoms with Crippen molar-refractivity contribution in [1.29, 1.82) is 0 Å². The summed E-state index contributed by atoms with van der Waals surface area (Å²) in [5.41, 5.74) is 0.762. The van der Waals surface area contributed by atoms with E-state index in [0.717, 1.165) is 5.56 Å². The number of halogens is 3. The molecular formula is C18H13Cl2FN2O. The number of hydrogen-bond acceptors (Lipinski definition) is 2. The molecule has 0 spiro atoms. The van der Waals surface area contributed by atoms with Gasteiger partial charge in [-0.3, -0.25) is 9.36 Å². The SMILES string of the molecule is C[C@H](c1ccccc1)n1c(-c2ccccc2F)c(Cl)nc(Cl)c1=O. The normalized spacial score (nSPS) is 12.2. The molecule has 0 fully saturated rings. The maximum absolute atomic E-state index is 14.3. The highest BCUT2D eigenvalue weighted by molar-refractivity contribution is 6.33. The molecule has 0 amide bonds.